The Morgan fingerprint density at radius 3 is 3.14 bits per heavy atom. The highest BCUT2D eigenvalue weighted by Crippen LogP contribution is 2.42. The van der Waals surface area contributed by atoms with Crippen LogP contribution in [0, 0.1) is 11.3 Å². The molecule has 0 aromatic heterocycles. The SMILES string of the molecule is CCOCCNC(=O)[C@]12COC[C@H]1CN(C(=O)c1ccc3c(c1)CCCO3)C2. The van der Waals surface area contributed by atoms with Gasteiger partial charge in [0.25, 0.3) is 5.91 Å². The minimum atomic E-state index is -0.654. The minimum Gasteiger partial charge on any atom is -0.493 e. The second kappa shape index (κ2) is 8.09. The maximum atomic E-state index is 13.1. The van der Waals surface area contributed by atoms with Gasteiger partial charge < -0.3 is 24.4 Å². The number of hydrogen-bond acceptors (Lipinski definition) is 5. The first kappa shape index (κ1) is 19.2. The Morgan fingerprint density at radius 2 is 2.29 bits per heavy atom. The van der Waals surface area contributed by atoms with Crippen LogP contribution in [0.5, 0.6) is 5.75 Å². The zero-order valence-electron chi connectivity index (χ0n) is 16.4. The van der Waals surface area contributed by atoms with Crippen molar-refractivity contribution >= 4 is 11.8 Å². The lowest BCUT2D eigenvalue weighted by Crippen LogP contribution is -2.47. The van der Waals surface area contributed by atoms with Gasteiger partial charge in [-0.3, -0.25) is 9.59 Å². The molecule has 2 atom stereocenters. The molecule has 0 unspecified atom stereocenters. The van der Waals surface area contributed by atoms with E-state index in [0.29, 0.717) is 51.6 Å². The summed E-state index contributed by atoms with van der Waals surface area (Å²) in [6.45, 7) is 6.06. The number of nitrogens with one attached hydrogen (secondary N) is 1. The third kappa shape index (κ3) is 3.49. The molecule has 7 nitrogen and oxygen atoms in total. The number of nitrogens with zero attached hydrogens (tertiary/aromatic N) is 1. The van der Waals surface area contributed by atoms with Crippen LogP contribution in [0.2, 0.25) is 0 Å². The number of carbonyl (C=O) groups excluding carboxylic acids is 2. The first-order chi connectivity index (χ1) is 13.6. The fourth-order valence-corrected chi connectivity index (χ4v) is 4.44. The van der Waals surface area contributed by atoms with Gasteiger partial charge in [-0.2, -0.15) is 0 Å². The lowest BCUT2D eigenvalue weighted by molar-refractivity contribution is -0.131. The van der Waals surface area contributed by atoms with Crippen LogP contribution < -0.4 is 10.1 Å². The largest absolute Gasteiger partial charge is 0.493 e. The molecule has 28 heavy (non-hydrogen) atoms. The molecule has 152 valence electrons. The van der Waals surface area contributed by atoms with Gasteiger partial charge in [0.1, 0.15) is 5.75 Å². The molecule has 3 aliphatic heterocycles. The van der Waals surface area contributed by atoms with Gasteiger partial charge in [0.2, 0.25) is 5.91 Å². The van der Waals surface area contributed by atoms with Crippen molar-refractivity contribution in [3.63, 3.8) is 0 Å². The maximum absolute atomic E-state index is 13.1. The van der Waals surface area contributed by atoms with Crippen LogP contribution in [0.1, 0.15) is 29.3 Å². The fourth-order valence-electron chi connectivity index (χ4n) is 4.44. The highest BCUT2D eigenvalue weighted by Gasteiger charge is 2.56. The highest BCUT2D eigenvalue weighted by atomic mass is 16.5. The molecule has 4 rings (SSSR count). The normalized spacial score (nSPS) is 25.8. The molecular weight excluding hydrogens is 360 g/mol. The Balaban J connectivity index is 1.45. The number of likely N-dealkylation sites (tertiary alicyclic amines) is 1. The van der Waals surface area contributed by atoms with Crippen LogP contribution in [-0.4, -0.2) is 69.4 Å². The number of benzene rings is 1. The van der Waals surface area contributed by atoms with Crippen molar-refractivity contribution in [3.05, 3.63) is 29.3 Å². The summed E-state index contributed by atoms with van der Waals surface area (Å²) >= 11 is 0. The summed E-state index contributed by atoms with van der Waals surface area (Å²) in [5.41, 5.74) is 1.10. The third-order valence-corrected chi connectivity index (χ3v) is 6.00. The molecule has 0 saturated carbocycles. The maximum Gasteiger partial charge on any atom is 0.253 e. The van der Waals surface area contributed by atoms with E-state index >= 15 is 0 Å². The topological polar surface area (TPSA) is 77.1 Å². The lowest BCUT2D eigenvalue weighted by Gasteiger charge is -2.26. The second-order valence-corrected chi connectivity index (χ2v) is 7.78. The quantitative estimate of drug-likeness (QED) is 0.743. The van der Waals surface area contributed by atoms with E-state index in [0.717, 1.165) is 30.8 Å². The van der Waals surface area contributed by atoms with Crippen LogP contribution in [0.15, 0.2) is 18.2 Å². The molecule has 2 fully saturated rings. The average Bonchev–Trinajstić information content (AvgIpc) is 3.29. The smallest absolute Gasteiger partial charge is 0.253 e. The van der Waals surface area contributed by atoms with Crippen LogP contribution in [-0.2, 0) is 20.7 Å². The van der Waals surface area contributed by atoms with Gasteiger partial charge in [-0.05, 0) is 43.5 Å². The highest BCUT2D eigenvalue weighted by molar-refractivity contribution is 5.96. The molecule has 1 aromatic rings. The van der Waals surface area contributed by atoms with Gasteiger partial charge >= 0.3 is 0 Å². The number of amides is 2. The standard InChI is InChI=1S/C21H28N2O5/c1-2-26-9-7-22-20(25)21-13-23(11-17(21)12-27-14-21)19(24)16-5-6-18-15(10-16)4-3-8-28-18/h5-6,10,17H,2-4,7-9,11-14H2,1H3,(H,22,25)/t17-,21-/m1/s1. The zero-order chi connectivity index (χ0) is 19.6. The summed E-state index contributed by atoms with van der Waals surface area (Å²) in [6.07, 6.45) is 1.90. The summed E-state index contributed by atoms with van der Waals surface area (Å²) in [5, 5.41) is 2.96. The predicted molar refractivity (Wildman–Crippen MR) is 102 cm³/mol. The summed E-state index contributed by atoms with van der Waals surface area (Å²) in [4.78, 5) is 27.8. The Labute approximate surface area is 165 Å². The summed E-state index contributed by atoms with van der Waals surface area (Å²) < 4.78 is 16.6. The van der Waals surface area contributed by atoms with E-state index in [2.05, 4.69) is 5.32 Å². The van der Waals surface area contributed by atoms with Crippen molar-refractivity contribution < 1.29 is 23.8 Å². The molecular formula is C21H28N2O5. The van der Waals surface area contributed by atoms with Crippen molar-refractivity contribution in [3.8, 4) is 5.75 Å². The van der Waals surface area contributed by atoms with Crippen LogP contribution in [0.3, 0.4) is 0 Å². The van der Waals surface area contributed by atoms with Gasteiger partial charge in [-0.25, -0.2) is 0 Å². The van der Waals surface area contributed by atoms with Crippen molar-refractivity contribution in [1.29, 1.82) is 0 Å². The molecule has 0 radical (unpaired) electrons. The Kier molecular flexibility index (Phi) is 5.55. The van der Waals surface area contributed by atoms with Gasteiger partial charge in [0.05, 0.1) is 31.8 Å². The van der Waals surface area contributed by atoms with Gasteiger partial charge in [0.15, 0.2) is 0 Å². The number of fused-ring (bicyclic) bond motifs is 2. The molecule has 0 aliphatic carbocycles. The van der Waals surface area contributed by atoms with E-state index in [1.54, 1.807) is 4.90 Å². The molecule has 3 heterocycles. The van der Waals surface area contributed by atoms with E-state index in [4.69, 9.17) is 14.2 Å². The van der Waals surface area contributed by atoms with Gasteiger partial charge in [-0.1, -0.05) is 0 Å². The Bertz CT molecular complexity index is 752. The van der Waals surface area contributed by atoms with Crippen molar-refractivity contribution in [1.82, 2.24) is 10.2 Å². The predicted octanol–water partition coefficient (Wildman–Crippen LogP) is 1.25. The van der Waals surface area contributed by atoms with E-state index < -0.39 is 5.41 Å². The minimum absolute atomic E-state index is 0.0238. The summed E-state index contributed by atoms with van der Waals surface area (Å²) in [5.74, 6) is 0.845. The first-order valence-electron chi connectivity index (χ1n) is 10.1. The average molecular weight is 388 g/mol. The van der Waals surface area contributed by atoms with Gasteiger partial charge in [-0.15, -0.1) is 0 Å². The molecule has 1 N–H and O–H groups in total. The fraction of sp³-hybridized carbons (Fsp3) is 0.619. The van der Waals surface area contributed by atoms with E-state index in [1.165, 1.54) is 0 Å². The number of rotatable bonds is 6. The molecule has 0 bridgehead atoms. The number of ether oxygens (including phenoxy) is 3. The molecule has 1 aromatic carbocycles. The Morgan fingerprint density at radius 1 is 1.39 bits per heavy atom. The van der Waals surface area contributed by atoms with Crippen LogP contribution in [0.4, 0.5) is 0 Å². The third-order valence-electron chi connectivity index (χ3n) is 6.00. The molecule has 7 heteroatoms. The number of hydrogen-bond donors (Lipinski definition) is 1. The van der Waals surface area contributed by atoms with E-state index in [-0.39, 0.29) is 17.7 Å². The molecule has 3 aliphatic rings. The summed E-state index contributed by atoms with van der Waals surface area (Å²) in [6, 6.07) is 5.65. The van der Waals surface area contributed by atoms with E-state index in [1.807, 2.05) is 25.1 Å². The second-order valence-electron chi connectivity index (χ2n) is 7.78. The van der Waals surface area contributed by atoms with Crippen molar-refractivity contribution in [2.24, 2.45) is 11.3 Å². The molecule has 2 amide bonds. The first-order valence-corrected chi connectivity index (χ1v) is 10.1. The summed E-state index contributed by atoms with van der Waals surface area (Å²) in [7, 11) is 0. The number of aryl methyl sites for hydroxylation is 1. The monoisotopic (exact) mass is 388 g/mol. The van der Waals surface area contributed by atoms with Crippen molar-refractivity contribution in [2.75, 3.05) is 52.7 Å². The number of carbonyl (C=O) groups is 2. The van der Waals surface area contributed by atoms with Crippen molar-refractivity contribution in [2.45, 2.75) is 19.8 Å². The van der Waals surface area contributed by atoms with Crippen LogP contribution >= 0.6 is 0 Å². The van der Waals surface area contributed by atoms with Crippen LogP contribution in [0.25, 0.3) is 0 Å². The lowest BCUT2D eigenvalue weighted by atomic mass is 9.80. The molecule has 2 saturated heterocycles. The van der Waals surface area contributed by atoms with Gasteiger partial charge in [0, 0.05) is 37.7 Å². The Hall–Kier alpha value is -2.12. The van der Waals surface area contributed by atoms with E-state index in [9.17, 15) is 9.59 Å². The molecule has 0 spiro atoms. The zero-order valence-corrected chi connectivity index (χ0v) is 16.4.